The highest BCUT2D eigenvalue weighted by atomic mass is 32.1. The molecule has 2 aliphatic heterocycles. The monoisotopic (exact) mass is 1140 g/mol. The van der Waals surface area contributed by atoms with Gasteiger partial charge in [0.05, 0.1) is 35.6 Å². The summed E-state index contributed by atoms with van der Waals surface area (Å²) in [5.74, 6) is -1.25. The Morgan fingerprint density at radius 3 is 1.21 bits per heavy atom. The van der Waals surface area contributed by atoms with Gasteiger partial charge in [0.1, 0.15) is 22.1 Å². The third kappa shape index (κ3) is 13.5. The molecule has 8 atom stereocenters. The van der Waals surface area contributed by atoms with Crippen molar-refractivity contribution in [3.05, 3.63) is 141 Å². The largest absolute Gasteiger partial charge is 0.347 e. The molecule has 2 aliphatic carbocycles. The third-order valence-electron chi connectivity index (χ3n) is 17.2. The maximum Gasteiger partial charge on any atom is 0.251 e. The Morgan fingerprint density at radius 1 is 0.488 bits per heavy atom. The Balaban J connectivity index is 0.814. The Morgan fingerprint density at radius 2 is 0.854 bits per heavy atom. The fourth-order valence-electron chi connectivity index (χ4n) is 12.2. The van der Waals surface area contributed by atoms with Crippen LogP contribution >= 0.6 is 22.7 Å². The van der Waals surface area contributed by atoms with E-state index in [0.717, 1.165) is 108 Å². The standard InChI is InChI=1S/C64H76N10O6S2/c1-39(65-3)57(75)71-55(45-21-13-7-14-22-45)63(79)73-35-49(33-53(73)61-69-51(37-81-61)43-17-9-5-10-18-43)67-59(77)47-29-25-41(26-30-47)42-27-31-48(32-28-42)60(78)68-50-34-54(62-70-52(38-82-62)44-19-11-6-12-20-44)74(36-50)64(80)56(46-23-15-8-16-24-46)72-58(76)40(2)66-4/h5-6,9-12,17-20,25-32,37-40,45-46,49-50,53-56,65-66H,7-8,13-16,21-24,33-36H2,1-4H3,(H,67,77)(H,68,78)(H,71,75)(H,72,76)/t39-,40-,49-,50-,53-,54-,55-,56-/m0/s1. The Bertz CT molecular complexity index is 2950. The van der Waals surface area contributed by atoms with Gasteiger partial charge in [0.15, 0.2) is 0 Å². The van der Waals surface area contributed by atoms with Crippen LogP contribution in [0, 0.1) is 11.8 Å². The minimum absolute atomic E-state index is 0.00550. The van der Waals surface area contributed by atoms with Crippen LogP contribution in [0.4, 0.5) is 0 Å². The summed E-state index contributed by atoms with van der Waals surface area (Å²) in [5.41, 5.74) is 6.26. The van der Waals surface area contributed by atoms with Crippen molar-refractivity contribution in [2.24, 2.45) is 11.8 Å². The molecule has 4 aliphatic rings. The van der Waals surface area contributed by atoms with Crippen LogP contribution in [-0.2, 0) is 19.2 Å². The lowest BCUT2D eigenvalue weighted by molar-refractivity contribution is -0.139. The summed E-state index contributed by atoms with van der Waals surface area (Å²) in [4.78, 5) is 98.5. The van der Waals surface area contributed by atoms with Crippen LogP contribution in [0.3, 0.4) is 0 Å². The van der Waals surface area contributed by atoms with Gasteiger partial charge in [-0.25, -0.2) is 9.97 Å². The third-order valence-corrected chi connectivity index (χ3v) is 19.1. The Labute approximate surface area is 489 Å². The zero-order chi connectivity index (χ0) is 57.3. The molecule has 16 nitrogen and oxygen atoms in total. The highest BCUT2D eigenvalue weighted by Gasteiger charge is 2.45. The van der Waals surface area contributed by atoms with E-state index >= 15 is 0 Å². The fraction of sp³-hybridized carbons (Fsp3) is 0.438. The first kappa shape index (κ1) is 58.1. The second-order valence-electron chi connectivity index (χ2n) is 22.6. The molecule has 10 rings (SSSR count). The quantitative estimate of drug-likeness (QED) is 0.0454. The van der Waals surface area contributed by atoms with Crippen LogP contribution in [0.5, 0.6) is 0 Å². The first-order valence-electron chi connectivity index (χ1n) is 29.3. The van der Waals surface area contributed by atoms with E-state index < -0.39 is 36.3 Å². The van der Waals surface area contributed by atoms with Crippen LogP contribution in [0.15, 0.2) is 120 Å². The van der Waals surface area contributed by atoms with Crippen LogP contribution in [0.25, 0.3) is 33.6 Å². The van der Waals surface area contributed by atoms with Gasteiger partial charge in [-0.3, -0.25) is 28.8 Å². The number of carbonyl (C=O) groups is 6. The number of carbonyl (C=O) groups excluding carboxylic acids is 6. The molecule has 6 N–H and O–H groups in total. The molecule has 2 aromatic heterocycles. The van der Waals surface area contributed by atoms with Gasteiger partial charge in [-0.05, 0) is 114 Å². The fourth-order valence-corrected chi connectivity index (χ4v) is 14.1. The van der Waals surface area contributed by atoms with E-state index in [2.05, 4.69) is 31.9 Å². The molecule has 4 fully saturated rings. The molecule has 0 spiro atoms. The molecule has 2 saturated heterocycles. The summed E-state index contributed by atoms with van der Waals surface area (Å²) >= 11 is 3.00. The molecule has 18 heteroatoms. The lowest BCUT2D eigenvalue weighted by Gasteiger charge is -2.35. The zero-order valence-corrected chi connectivity index (χ0v) is 48.9. The topological polar surface area (TPSA) is 207 Å². The summed E-state index contributed by atoms with van der Waals surface area (Å²) in [6, 6.07) is 30.6. The molecule has 430 valence electrons. The van der Waals surface area contributed by atoms with E-state index in [0.29, 0.717) is 24.0 Å². The molecule has 0 bridgehead atoms. The van der Waals surface area contributed by atoms with Gasteiger partial charge in [-0.2, -0.15) is 0 Å². The van der Waals surface area contributed by atoms with Crippen molar-refractivity contribution in [1.29, 1.82) is 0 Å². The minimum Gasteiger partial charge on any atom is -0.347 e. The second kappa shape index (κ2) is 26.9. The van der Waals surface area contributed by atoms with Gasteiger partial charge >= 0.3 is 0 Å². The highest BCUT2D eigenvalue weighted by Crippen LogP contribution is 2.40. The van der Waals surface area contributed by atoms with Crippen LogP contribution < -0.4 is 31.9 Å². The highest BCUT2D eigenvalue weighted by molar-refractivity contribution is 7.10. The first-order valence-corrected chi connectivity index (χ1v) is 31.0. The van der Waals surface area contributed by atoms with E-state index in [9.17, 15) is 28.8 Å². The molecule has 0 radical (unpaired) electrons. The maximum atomic E-state index is 14.9. The van der Waals surface area contributed by atoms with Crippen molar-refractivity contribution in [3.8, 4) is 33.6 Å². The zero-order valence-electron chi connectivity index (χ0n) is 47.3. The van der Waals surface area contributed by atoms with Crippen molar-refractivity contribution in [2.45, 2.75) is 139 Å². The van der Waals surface area contributed by atoms with E-state index in [-0.39, 0.29) is 72.5 Å². The summed E-state index contributed by atoms with van der Waals surface area (Å²) < 4.78 is 0. The first-order chi connectivity index (χ1) is 39.8. The van der Waals surface area contributed by atoms with Gasteiger partial charge in [-0.1, -0.05) is 123 Å². The molecule has 2 saturated carbocycles. The van der Waals surface area contributed by atoms with Gasteiger partial charge in [-0.15, -0.1) is 22.7 Å². The van der Waals surface area contributed by atoms with Crippen molar-refractivity contribution < 1.29 is 28.8 Å². The molecular formula is C64H76N10O6S2. The predicted octanol–water partition coefficient (Wildman–Crippen LogP) is 9.09. The predicted molar refractivity (Wildman–Crippen MR) is 322 cm³/mol. The lowest BCUT2D eigenvalue weighted by Crippen LogP contribution is -2.56. The average Bonchev–Trinajstić information content (AvgIpc) is 4.06. The Hall–Kier alpha value is -7.12. The van der Waals surface area contributed by atoms with E-state index in [1.807, 2.05) is 105 Å². The van der Waals surface area contributed by atoms with Crippen molar-refractivity contribution in [2.75, 3.05) is 27.2 Å². The number of hydrogen-bond acceptors (Lipinski definition) is 12. The van der Waals surface area contributed by atoms with Crippen molar-refractivity contribution in [1.82, 2.24) is 51.7 Å². The Kier molecular flexibility index (Phi) is 19.0. The number of benzene rings is 4. The van der Waals surface area contributed by atoms with Crippen LogP contribution in [0.2, 0.25) is 0 Å². The number of rotatable bonds is 19. The smallest absolute Gasteiger partial charge is 0.251 e. The average molecular weight is 1150 g/mol. The molecular weight excluding hydrogens is 1070 g/mol. The second-order valence-corrected chi connectivity index (χ2v) is 24.4. The number of nitrogens with one attached hydrogen (secondary N) is 6. The van der Waals surface area contributed by atoms with Crippen LogP contribution in [-0.4, -0.2) is 119 Å². The number of likely N-dealkylation sites (tertiary alicyclic amines) is 2. The molecule has 6 aromatic rings. The number of thiazole rings is 2. The summed E-state index contributed by atoms with van der Waals surface area (Å²) in [5, 5.41) is 24.3. The SMILES string of the molecule is CN[C@@H](C)C(=O)N[C@H](C(=O)N1C[C@@H](NC(=O)c2ccc(-c3ccc(C(=O)N[C@H]4C[C@@H](c5nc(-c6ccccc6)cs5)N(C(=O)[C@@H](NC(=O)[C@H](C)NC)C5CCCCC5)C4)cc3)cc2)C[C@H]1c1nc(-c2ccccc2)cs1)C1CCCCC1. The number of likely N-dealkylation sites (N-methyl/N-ethyl adjacent to an activating group) is 2. The normalized spacial score (nSPS) is 21.0. The van der Waals surface area contributed by atoms with Crippen molar-refractivity contribution >= 4 is 58.1 Å². The van der Waals surface area contributed by atoms with Gasteiger partial charge in [0.2, 0.25) is 23.6 Å². The van der Waals surface area contributed by atoms with E-state index in [4.69, 9.17) is 9.97 Å². The number of amides is 6. The van der Waals surface area contributed by atoms with Gasteiger partial charge in [0, 0.05) is 58.2 Å². The summed E-state index contributed by atoms with van der Waals surface area (Å²) in [7, 11) is 3.46. The molecule has 0 unspecified atom stereocenters. The molecule has 6 amide bonds. The maximum absolute atomic E-state index is 14.9. The van der Waals surface area contributed by atoms with Gasteiger partial charge in [0.25, 0.3) is 11.8 Å². The van der Waals surface area contributed by atoms with E-state index in [1.54, 1.807) is 52.2 Å². The summed E-state index contributed by atoms with van der Waals surface area (Å²) in [6.45, 7) is 4.11. The number of nitrogens with zero attached hydrogens (tertiary/aromatic N) is 4. The van der Waals surface area contributed by atoms with E-state index in [1.165, 1.54) is 22.7 Å². The summed E-state index contributed by atoms with van der Waals surface area (Å²) in [6.07, 6.45) is 10.6. The number of hydrogen-bond donors (Lipinski definition) is 6. The van der Waals surface area contributed by atoms with Gasteiger partial charge < -0.3 is 41.7 Å². The van der Waals surface area contributed by atoms with Crippen molar-refractivity contribution in [3.63, 3.8) is 0 Å². The lowest BCUT2D eigenvalue weighted by atomic mass is 9.83. The molecule has 4 aromatic carbocycles. The van der Waals surface area contributed by atoms with Crippen LogP contribution in [0.1, 0.15) is 134 Å². The molecule has 82 heavy (non-hydrogen) atoms. The minimum atomic E-state index is -0.698. The number of aromatic nitrogens is 2. The molecule has 4 heterocycles.